The number of aryl methyl sites for hydroxylation is 3. The Morgan fingerprint density at radius 3 is 2.62 bits per heavy atom. The molecule has 26 heavy (non-hydrogen) atoms. The minimum absolute atomic E-state index is 0.253. The summed E-state index contributed by atoms with van der Waals surface area (Å²) in [4.78, 5) is 21.1. The molecule has 0 atom stereocenters. The van der Waals surface area contributed by atoms with Crippen LogP contribution in [0.3, 0.4) is 0 Å². The topological polar surface area (TPSA) is 66.9 Å². The summed E-state index contributed by atoms with van der Waals surface area (Å²) in [6.45, 7) is 6.13. The van der Waals surface area contributed by atoms with Gasteiger partial charge in [-0.3, -0.25) is 4.79 Å². The van der Waals surface area contributed by atoms with Crippen molar-refractivity contribution in [3.8, 4) is 0 Å². The molecule has 2 N–H and O–H groups in total. The highest BCUT2D eigenvalue weighted by molar-refractivity contribution is 6.03. The number of carbonyl (C=O) groups excluding carboxylic acids is 1. The van der Waals surface area contributed by atoms with Crippen LogP contribution in [0.1, 0.15) is 34.1 Å². The Bertz CT molecular complexity index is 937. The van der Waals surface area contributed by atoms with Gasteiger partial charge < -0.3 is 10.6 Å². The standard InChI is InChI=1S/C21H22N4O/c1-4-16-7-5-6-8-18(16)23-20(26)19-11-12-22-21(25-19)24-17-10-9-14(2)13-15(17)3/h5-13H,4H2,1-3H3,(H,23,26)(H,22,24,25). The molecule has 2 aromatic carbocycles. The fourth-order valence-electron chi connectivity index (χ4n) is 2.76. The van der Waals surface area contributed by atoms with Gasteiger partial charge in [0.1, 0.15) is 5.69 Å². The normalized spacial score (nSPS) is 10.4. The number of para-hydroxylation sites is 1. The molecule has 1 amide bonds. The molecule has 5 nitrogen and oxygen atoms in total. The van der Waals surface area contributed by atoms with Gasteiger partial charge in [0.15, 0.2) is 0 Å². The Morgan fingerprint density at radius 2 is 1.85 bits per heavy atom. The first kappa shape index (κ1) is 17.6. The highest BCUT2D eigenvalue weighted by atomic mass is 16.1. The Balaban J connectivity index is 1.79. The third-order valence-electron chi connectivity index (χ3n) is 4.16. The second-order valence-electron chi connectivity index (χ2n) is 6.17. The minimum Gasteiger partial charge on any atom is -0.324 e. The molecule has 0 aliphatic rings. The van der Waals surface area contributed by atoms with Crippen LogP contribution >= 0.6 is 0 Å². The number of aromatic nitrogens is 2. The quantitative estimate of drug-likeness (QED) is 0.705. The van der Waals surface area contributed by atoms with Gasteiger partial charge >= 0.3 is 0 Å². The van der Waals surface area contributed by atoms with E-state index in [-0.39, 0.29) is 5.91 Å². The average Bonchev–Trinajstić information content (AvgIpc) is 2.65. The number of rotatable bonds is 5. The zero-order chi connectivity index (χ0) is 18.5. The van der Waals surface area contributed by atoms with Crippen LogP contribution in [0.2, 0.25) is 0 Å². The third-order valence-corrected chi connectivity index (χ3v) is 4.16. The predicted molar refractivity (Wildman–Crippen MR) is 105 cm³/mol. The second-order valence-corrected chi connectivity index (χ2v) is 6.17. The Labute approximate surface area is 153 Å². The summed E-state index contributed by atoms with van der Waals surface area (Å²) in [5, 5.41) is 6.11. The summed E-state index contributed by atoms with van der Waals surface area (Å²) in [6.07, 6.45) is 2.43. The zero-order valence-corrected chi connectivity index (χ0v) is 15.2. The molecule has 0 unspecified atom stereocenters. The molecule has 1 heterocycles. The summed E-state index contributed by atoms with van der Waals surface area (Å²) >= 11 is 0. The molecule has 0 radical (unpaired) electrons. The van der Waals surface area contributed by atoms with Crippen molar-refractivity contribution in [3.63, 3.8) is 0 Å². The molecular weight excluding hydrogens is 324 g/mol. The molecule has 0 aliphatic carbocycles. The van der Waals surface area contributed by atoms with Crippen LogP contribution in [-0.4, -0.2) is 15.9 Å². The molecule has 1 aromatic heterocycles. The van der Waals surface area contributed by atoms with Gasteiger partial charge in [-0.1, -0.05) is 42.8 Å². The molecule has 0 saturated heterocycles. The summed E-state index contributed by atoms with van der Waals surface area (Å²) in [5.74, 6) is 0.144. The van der Waals surface area contributed by atoms with Gasteiger partial charge in [0.2, 0.25) is 5.95 Å². The van der Waals surface area contributed by atoms with E-state index in [0.717, 1.165) is 28.9 Å². The third kappa shape index (κ3) is 4.06. The highest BCUT2D eigenvalue weighted by Crippen LogP contribution is 2.20. The smallest absolute Gasteiger partial charge is 0.274 e. The molecule has 0 saturated carbocycles. The first-order valence-corrected chi connectivity index (χ1v) is 8.63. The number of anilines is 3. The van der Waals surface area contributed by atoms with Gasteiger partial charge in [-0.25, -0.2) is 9.97 Å². The van der Waals surface area contributed by atoms with Crippen molar-refractivity contribution in [2.75, 3.05) is 10.6 Å². The Kier molecular flexibility index (Phi) is 5.27. The first-order valence-electron chi connectivity index (χ1n) is 8.63. The number of hydrogen-bond donors (Lipinski definition) is 2. The van der Waals surface area contributed by atoms with Crippen molar-refractivity contribution < 1.29 is 4.79 Å². The van der Waals surface area contributed by atoms with Crippen LogP contribution in [0, 0.1) is 13.8 Å². The van der Waals surface area contributed by atoms with E-state index >= 15 is 0 Å². The fraction of sp³-hybridized carbons (Fsp3) is 0.190. The van der Waals surface area contributed by atoms with Gasteiger partial charge in [0.25, 0.3) is 5.91 Å². The zero-order valence-electron chi connectivity index (χ0n) is 15.2. The molecule has 0 aliphatic heterocycles. The van der Waals surface area contributed by atoms with Crippen molar-refractivity contribution in [1.82, 2.24) is 9.97 Å². The van der Waals surface area contributed by atoms with Crippen LogP contribution in [0.5, 0.6) is 0 Å². The maximum absolute atomic E-state index is 12.6. The lowest BCUT2D eigenvalue weighted by atomic mass is 10.1. The van der Waals surface area contributed by atoms with E-state index < -0.39 is 0 Å². The summed E-state index contributed by atoms with van der Waals surface area (Å²) < 4.78 is 0. The molecule has 0 fully saturated rings. The summed E-state index contributed by atoms with van der Waals surface area (Å²) in [6, 6.07) is 15.5. The van der Waals surface area contributed by atoms with E-state index in [1.165, 1.54) is 5.56 Å². The van der Waals surface area contributed by atoms with E-state index in [4.69, 9.17) is 0 Å². The highest BCUT2D eigenvalue weighted by Gasteiger charge is 2.11. The Morgan fingerprint density at radius 1 is 1.04 bits per heavy atom. The van der Waals surface area contributed by atoms with Crippen molar-refractivity contribution in [1.29, 1.82) is 0 Å². The number of hydrogen-bond acceptors (Lipinski definition) is 4. The van der Waals surface area contributed by atoms with Crippen LogP contribution in [0.15, 0.2) is 54.7 Å². The van der Waals surface area contributed by atoms with Crippen LogP contribution in [0.4, 0.5) is 17.3 Å². The second kappa shape index (κ2) is 7.78. The van der Waals surface area contributed by atoms with Crippen molar-refractivity contribution in [2.45, 2.75) is 27.2 Å². The Hall–Kier alpha value is -3.21. The molecule has 132 valence electrons. The number of nitrogens with zero attached hydrogens (tertiary/aromatic N) is 2. The lowest BCUT2D eigenvalue weighted by molar-refractivity contribution is 0.102. The van der Waals surface area contributed by atoms with Crippen LogP contribution in [0.25, 0.3) is 0 Å². The number of nitrogens with one attached hydrogen (secondary N) is 2. The van der Waals surface area contributed by atoms with E-state index in [2.05, 4.69) is 33.6 Å². The average molecular weight is 346 g/mol. The van der Waals surface area contributed by atoms with Gasteiger partial charge in [-0.05, 0) is 49.6 Å². The molecule has 0 spiro atoms. The lowest BCUT2D eigenvalue weighted by Crippen LogP contribution is -2.15. The maximum Gasteiger partial charge on any atom is 0.274 e. The number of benzene rings is 2. The van der Waals surface area contributed by atoms with Crippen molar-refractivity contribution >= 4 is 23.2 Å². The molecule has 3 aromatic rings. The van der Waals surface area contributed by atoms with Gasteiger partial charge in [-0.2, -0.15) is 0 Å². The predicted octanol–water partition coefficient (Wildman–Crippen LogP) is 4.65. The molecule has 3 rings (SSSR count). The van der Waals surface area contributed by atoms with E-state index in [1.807, 2.05) is 50.2 Å². The summed E-state index contributed by atoms with van der Waals surface area (Å²) in [7, 11) is 0. The monoisotopic (exact) mass is 346 g/mol. The SMILES string of the molecule is CCc1ccccc1NC(=O)c1ccnc(Nc2ccc(C)cc2C)n1. The number of carbonyl (C=O) groups is 1. The minimum atomic E-state index is -0.253. The molecule has 0 bridgehead atoms. The van der Waals surface area contributed by atoms with Gasteiger partial charge in [-0.15, -0.1) is 0 Å². The fourth-order valence-corrected chi connectivity index (χ4v) is 2.76. The van der Waals surface area contributed by atoms with Crippen LogP contribution in [-0.2, 0) is 6.42 Å². The van der Waals surface area contributed by atoms with Crippen molar-refractivity contribution in [3.05, 3.63) is 77.1 Å². The molecular formula is C21H22N4O. The lowest BCUT2D eigenvalue weighted by Gasteiger charge is -2.11. The van der Waals surface area contributed by atoms with E-state index in [9.17, 15) is 4.79 Å². The van der Waals surface area contributed by atoms with Gasteiger partial charge in [0, 0.05) is 17.6 Å². The largest absolute Gasteiger partial charge is 0.324 e. The summed E-state index contributed by atoms with van der Waals surface area (Å²) in [5.41, 5.74) is 5.42. The first-order chi connectivity index (χ1) is 12.6. The van der Waals surface area contributed by atoms with Crippen LogP contribution < -0.4 is 10.6 Å². The number of amides is 1. The van der Waals surface area contributed by atoms with Gasteiger partial charge in [0.05, 0.1) is 0 Å². The molecule has 5 heteroatoms. The van der Waals surface area contributed by atoms with Crippen molar-refractivity contribution in [2.24, 2.45) is 0 Å². The van der Waals surface area contributed by atoms with E-state index in [0.29, 0.717) is 11.6 Å². The van der Waals surface area contributed by atoms with E-state index in [1.54, 1.807) is 12.3 Å². The maximum atomic E-state index is 12.6.